The van der Waals surface area contributed by atoms with E-state index in [2.05, 4.69) is 46.9 Å². The van der Waals surface area contributed by atoms with Gasteiger partial charge in [-0.2, -0.15) is 0 Å². The Bertz CT molecular complexity index is 637. The van der Waals surface area contributed by atoms with Crippen molar-refractivity contribution >= 4 is 6.47 Å². The summed E-state index contributed by atoms with van der Waals surface area (Å²) in [7, 11) is 0. The third-order valence-corrected chi connectivity index (χ3v) is 4.71. The number of carbonyl (C=O) groups is 1. The van der Waals surface area contributed by atoms with Crippen LogP contribution in [-0.4, -0.2) is 32.3 Å². The van der Waals surface area contributed by atoms with Crippen molar-refractivity contribution in [3.8, 4) is 11.4 Å². The molecule has 2 atom stereocenters. The van der Waals surface area contributed by atoms with Crippen molar-refractivity contribution in [3.63, 3.8) is 0 Å². The van der Waals surface area contributed by atoms with Crippen LogP contribution >= 0.6 is 0 Å². The molecule has 1 aliphatic rings. The third-order valence-electron chi connectivity index (χ3n) is 4.71. The maximum atomic E-state index is 9.92. The number of aliphatic hydroxyl groups excluding tert-OH is 1. The van der Waals surface area contributed by atoms with Crippen molar-refractivity contribution in [2.24, 2.45) is 0 Å². The number of carboxylic acid groups (broad SMARTS) is 1. The molecule has 5 heteroatoms. The molecule has 0 unspecified atom stereocenters. The smallest absolute Gasteiger partial charge is 0.290 e. The van der Waals surface area contributed by atoms with E-state index in [4.69, 9.17) is 9.90 Å². The first kappa shape index (κ1) is 19.2. The lowest BCUT2D eigenvalue weighted by Crippen LogP contribution is -2.22. The molecule has 1 heterocycles. The van der Waals surface area contributed by atoms with E-state index < -0.39 is 0 Å². The zero-order valence-electron chi connectivity index (χ0n) is 14.8. The second kappa shape index (κ2) is 9.99. The third kappa shape index (κ3) is 5.43. The zero-order chi connectivity index (χ0) is 18.1. The molecule has 1 fully saturated rings. The minimum Gasteiger partial charge on any atom is -0.483 e. The summed E-state index contributed by atoms with van der Waals surface area (Å²) in [5.74, 6) is 1.03. The Morgan fingerprint density at radius 3 is 2.64 bits per heavy atom. The summed E-state index contributed by atoms with van der Waals surface area (Å²) < 4.78 is 2.25. The fourth-order valence-electron chi connectivity index (χ4n) is 3.42. The Hall–Kier alpha value is -2.14. The molecule has 2 aromatic rings. The molecule has 0 spiro atoms. The number of hydrogen-bond acceptors (Lipinski definition) is 3. The minimum atomic E-state index is -0.250. The molecule has 5 nitrogen and oxygen atoms in total. The Labute approximate surface area is 149 Å². The quantitative estimate of drug-likeness (QED) is 0.802. The van der Waals surface area contributed by atoms with E-state index in [1.807, 2.05) is 6.20 Å². The number of hydrogen-bond donors (Lipinski definition) is 2. The first-order valence-electron chi connectivity index (χ1n) is 9.07. The van der Waals surface area contributed by atoms with Gasteiger partial charge in [0.15, 0.2) is 0 Å². The number of aryl methyl sites for hydroxylation is 1. The molecular weight excluding hydrogens is 316 g/mol. The van der Waals surface area contributed by atoms with Gasteiger partial charge in [0.05, 0.1) is 6.10 Å². The molecular formula is C20H28N2O3. The predicted octanol–water partition coefficient (Wildman–Crippen LogP) is 4.07. The van der Waals surface area contributed by atoms with Crippen LogP contribution in [0, 0.1) is 0 Å². The Morgan fingerprint density at radius 2 is 2.00 bits per heavy atom. The molecule has 2 N–H and O–H groups in total. The molecule has 136 valence electrons. The summed E-state index contributed by atoms with van der Waals surface area (Å²) >= 11 is 0. The average Bonchev–Trinajstić information content (AvgIpc) is 3.11. The lowest BCUT2D eigenvalue weighted by atomic mass is 9.92. The molecule has 3 rings (SSSR count). The summed E-state index contributed by atoms with van der Waals surface area (Å²) in [6.07, 6.45) is 11.4. The fourth-order valence-corrected chi connectivity index (χ4v) is 3.42. The Balaban J connectivity index is 0.000000701. The molecule has 1 aliphatic carbocycles. The highest BCUT2D eigenvalue weighted by molar-refractivity contribution is 5.56. The van der Waals surface area contributed by atoms with E-state index >= 15 is 0 Å². The summed E-state index contributed by atoms with van der Waals surface area (Å²) in [5, 5.41) is 16.8. The van der Waals surface area contributed by atoms with Gasteiger partial charge in [0.1, 0.15) is 5.82 Å². The van der Waals surface area contributed by atoms with Crippen LogP contribution in [0.2, 0.25) is 0 Å². The zero-order valence-corrected chi connectivity index (χ0v) is 14.8. The summed E-state index contributed by atoms with van der Waals surface area (Å²) in [4.78, 5) is 12.9. The van der Waals surface area contributed by atoms with Gasteiger partial charge in [-0.1, -0.05) is 37.6 Å². The largest absolute Gasteiger partial charge is 0.483 e. The van der Waals surface area contributed by atoms with Crippen LogP contribution in [0.3, 0.4) is 0 Å². The van der Waals surface area contributed by atoms with E-state index in [0.29, 0.717) is 6.04 Å². The van der Waals surface area contributed by atoms with Crippen molar-refractivity contribution in [1.82, 2.24) is 9.55 Å². The van der Waals surface area contributed by atoms with Gasteiger partial charge in [0, 0.05) is 24.0 Å². The SMILES string of the molecule is CCCCc1ccc(-c2nccn2[C@@H]2CCC[C@H](O)C2)cc1.O=CO. The maximum Gasteiger partial charge on any atom is 0.290 e. The molecule has 1 saturated carbocycles. The lowest BCUT2D eigenvalue weighted by Gasteiger charge is -2.28. The topological polar surface area (TPSA) is 75.3 Å². The normalized spacial score (nSPS) is 19.8. The van der Waals surface area contributed by atoms with Crippen molar-refractivity contribution in [3.05, 3.63) is 42.2 Å². The fraction of sp³-hybridized carbons (Fsp3) is 0.500. The average molecular weight is 344 g/mol. The van der Waals surface area contributed by atoms with Crippen LogP contribution in [-0.2, 0) is 11.2 Å². The molecule has 0 amide bonds. The molecule has 0 radical (unpaired) electrons. The number of imidazole rings is 1. The highest BCUT2D eigenvalue weighted by atomic mass is 16.3. The van der Waals surface area contributed by atoms with E-state index in [1.165, 1.54) is 24.0 Å². The van der Waals surface area contributed by atoms with Gasteiger partial charge in [-0.25, -0.2) is 4.98 Å². The van der Waals surface area contributed by atoms with Crippen molar-refractivity contribution in [2.45, 2.75) is 64.0 Å². The Kier molecular flexibility index (Phi) is 7.67. The molecule has 1 aromatic heterocycles. The van der Waals surface area contributed by atoms with Crippen LogP contribution < -0.4 is 0 Å². The molecule has 1 aromatic carbocycles. The second-order valence-corrected chi connectivity index (χ2v) is 6.54. The summed E-state index contributed by atoms with van der Waals surface area (Å²) in [5.41, 5.74) is 2.57. The molecule has 0 aliphatic heterocycles. The van der Waals surface area contributed by atoms with Gasteiger partial charge in [-0.05, 0) is 44.1 Å². The van der Waals surface area contributed by atoms with E-state index in [9.17, 15) is 5.11 Å². The van der Waals surface area contributed by atoms with Crippen LogP contribution in [0.1, 0.15) is 57.1 Å². The Morgan fingerprint density at radius 1 is 1.28 bits per heavy atom. The predicted molar refractivity (Wildman–Crippen MR) is 98.5 cm³/mol. The van der Waals surface area contributed by atoms with Gasteiger partial charge in [0.25, 0.3) is 6.47 Å². The molecule has 0 bridgehead atoms. The van der Waals surface area contributed by atoms with E-state index in [-0.39, 0.29) is 12.6 Å². The van der Waals surface area contributed by atoms with Gasteiger partial charge < -0.3 is 14.8 Å². The van der Waals surface area contributed by atoms with E-state index in [0.717, 1.165) is 37.9 Å². The van der Waals surface area contributed by atoms with E-state index in [1.54, 1.807) is 0 Å². The number of benzene rings is 1. The van der Waals surface area contributed by atoms with Gasteiger partial charge in [0.2, 0.25) is 0 Å². The van der Waals surface area contributed by atoms with Crippen LogP contribution in [0.15, 0.2) is 36.7 Å². The van der Waals surface area contributed by atoms with Crippen molar-refractivity contribution in [1.29, 1.82) is 0 Å². The second-order valence-electron chi connectivity index (χ2n) is 6.54. The monoisotopic (exact) mass is 344 g/mol. The molecule has 25 heavy (non-hydrogen) atoms. The van der Waals surface area contributed by atoms with Gasteiger partial charge in [-0.3, -0.25) is 4.79 Å². The van der Waals surface area contributed by atoms with Crippen LogP contribution in [0.25, 0.3) is 11.4 Å². The highest BCUT2D eigenvalue weighted by Gasteiger charge is 2.23. The van der Waals surface area contributed by atoms with Crippen molar-refractivity contribution < 1.29 is 15.0 Å². The molecule has 0 saturated heterocycles. The maximum absolute atomic E-state index is 9.92. The number of rotatable bonds is 5. The number of nitrogens with zero attached hydrogens (tertiary/aromatic N) is 2. The van der Waals surface area contributed by atoms with Crippen LogP contribution in [0.4, 0.5) is 0 Å². The number of aliphatic hydroxyl groups is 1. The van der Waals surface area contributed by atoms with Gasteiger partial charge >= 0.3 is 0 Å². The standard InChI is InChI=1S/C19H26N2O.CH2O2/c1-2-3-5-15-8-10-16(11-9-15)19-20-12-13-21(19)17-6-4-7-18(22)14-17;2-1-3/h8-13,17-18,22H,2-7,14H2,1H3;1H,(H,2,3)/t17-,18+;/m1./s1. The first-order chi connectivity index (χ1) is 12.2. The van der Waals surface area contributed by atoms with Crippen LogP contribution in [0.5, 0.6) is 0 Å². The first-order valence-corrected chi connectivity index (χ1v) is 9.07. The van der Waals surface area contributed by atoms with Crippen molar-refractivity contribution in [2.75, 3.05) is 0 Å². The lowest BCUT2D eigenvalue weighted by molar-refractivity contribution is -0.122. The summed E-state index contributed by atoms with van der Waals surface area (Å²) in [6.45, 7) is 1.98. The summed E-state index contributed by atoms with van der Waals surface area (Å²) in [6, 6.07) is 9.19. The highest BCUT2D eigenvalue weighted by Crippen LogP contribution is 2.32. The van der Waals surface area contributed by atoms with Gasteiger partial charge in [-0.15, -0.1) is 0 Å². The number of aromatic nitrogens is 2. The minimum absolute atomic E-state index is 0.162. The number of unbranched alkanes of at least 4 members (excludes halogenated alkanes) is 1.